The molecule has 1 aromatic carbocycles. The van der Waals surface area contributed by atoms with E-state index in [2.05, 4.69) is 4.98 Å². The topological polar surface area (TPSA) is 126 Å². The largest absolute Gasteiger partial charge is 0.456 e. The minimum absolute atomic E-state index is 0.00672. The monoisotopic (exact) mass is 434 g/mol. The highest BCUT2D eigenvalue weighted by molar-refractivity contribution is 7.89. The van der Waals surface area contributed by atoms with E-state index >= 15 is 0 Å². The Kier molecular flexibility index (Phi) is 7.01. The Labute approximate surface area is 165 Å². The first-order chi connectivity index (χ1) is 12.6. The van der Waals surface area contributed by atoms with Crippen LogP contribution in [0.5, 0.6) is 0 Å². The highest BCUT2D eigenvalue weighted by Crippen LogP contribution is 2.25. The minimum Gasteiger partial charge on any atom is -0.456 e. The van der Waals surface area contributed by atoms with Crippen molar-refractivity contribution in [3.8, 4) is 0 Å². The molecule has 0 amide bonds. The molecule has 0 aliphatic heterocycles. The summed E-state index contributed by atoms with van der Waals surface area (Å²) in [6.07, 6.45) is 0.106. The fraction of sp³-hybridized carbons (Fsp3) is 0.250. The number of aromatic nitrogens is 1. The molecule has 0 saturated heterocycles. The number of benzene rings is 1. The van der Waals surface area contributed by atoms with Gasteiger partial charge in [-0.05, 0) is 37.3 Å². The van der Waals surface area contributed by atoms with Crippen LogP contribution in [0.25, 0.3) is 0 Å². The highest BCUT2D eigenvalue weighted by Gasteiger charge is 2.31. The molecular weight excluding hydrogens is 419 g/mol. The molecule has 11 heteroatoms. The number of hydrogen-bond acceptors (Lipinski definition) is 6. The molecule has 0 saturated carbocycles. The fourth-order valence-corrected chi connectivity index (χ4v) is 3.68. The third-order valence-electron chi connectivity index (χ3n) is 3.46. The number of nitrogens with one attached hydrogen (secondary N) is 2. The maximum absolute atomic E-state index is 12.4. The van der Waals surface area contributed by atoms with Crippen LogP contribution in [-0.2, 0) is 19.6 Å². The molecule has 27 heavy (non-hydrogen) atoms. The van der Waals surface area contributed by atoms with Gasteiger partial charge in [-0.2, -0.15) is 4.72 Å². The molecule has 0 aliphatic rings. The molecular formula is C16H16Cl2N2O6S. The number of halogens is 2. The fourth-order valence-electron chi connectivity index (χ4n) is 2.03. The summed E-state index contributed by atoms with van der Waals surface area (Å²) in [5, 5.41) is 9.94. The Morgan fingerprint density at radius 1 is 1.26 bits per heavy atom. The van der Waals surface area contributed by atoms with Gasteiger partial charge in [0, 0.05) is 6.20 Å². The molecule has 0 fully saturated rings. The van der Waals surface area contributed by atoms with E-state index in [0.29, 0.717) is 0 Å². The molecule has 1 heterocycles. The second kappa shape index (κ2) is 8.85. The van der Waals surface area contributed by atoms with Gasteiger partial charge in [0.1, 0.15) is 6.04 Å². The first kappa shape index (κ1) is 21.4. The van der Waals surface area contributed by atoms with E-state index in [9.17, 15) is 23.1 Å². The molecule has 146 valence electrons. The summed E-state index contributed by atoms with van der Waals surface area (Å²) in [6, 6.07) is 5.04. The molecule has 1 aromatic heterocycles. The molecule has 2 atom stereocenters. The summed E-state index contributed by atoms with van der Waals surface area (Å²) >= 11 is 11.6. The van der Waals surface area contributed by atoms with Crippen molar-refractivity contribution in [2.75, 3.05) is 6.61 Å². The molecule has 8 nitrogen and oxygen atoms in total. The van der Waals surface area contributed by atoms with Crippen molar-refractivity contribution < 1.29 is 27.9 Å². The maximum atomic E-state index is 12.4. The molecule has 0 bridgehead atoms. The lowest BCUT2D eigenvalue weighted by molar-refractivity contribution is -0.147. The van der Waals surface area contributed by atoms with E-state index in [1.165, 1.54) is 31.3 Å². The normalized spacial score (nSPS) is 13.8. The number of esters is 1. The van der Waals surface area contributed by atoms with Gasteiger partial charge in [-0.1, -0.05) is 23.2 Å². The third-order valence-corrected chi connectivity index (χ3v) is 5.64. The van der Waals surface area contributed by atoms with Gasteiger partial charge < -0.3 is 14.8 Å². The van der Waals surface area contributed by atoms with Crippen molar-refractivity contribution in [2.24, 2.45) is 0 Å². The standard InChI is InChI=1S/C16H16Cl2N2O6S/c1-9(21)15(16(23)26-8-14(22)13-3-2-6-19-13)20-27(24,25)10-4-5-11(17)12(18)7-10/h2-7,9,15,19-21H,8H2,1H3/t9-,15-/m0/s1. The van der Waals surface area contributed by atoms with Crippen molar-refractivity contribution in [3.63, 3.8) is 0 Å². The van der Waals surface area contributed by atoms with Gasteiger partial charge in [0.2, 0.25) is 15.8 Å². The Bertz CT molecular complexity index is 928. The van der Waals surface area contributed by atoms with Crippen LogP contribution in [0.4, 0.5) is 0 Å². The van der Waals surface area contributed by atoms with E-state index in [1.54, 1.807) is 6.07 Å². The van der Waals surface area contributed by atoms with Crippen LogP contribution < -0.4 is 4.72 Å². The first-order valence-corrected chi connectivity index (χ1v) is 9.84. The third kappa shape index (κ3) is 5.53. The number of aromatic amines is 1. The SMILES string of the molecule is C[C@H](O)[C@H](NS(=O)(=O)c1ccc(Cl)c(Cl)c1)C(=O)OCC(=O)c1ccc[nH]1. The number of H-pyrrole nitrogens is 1. The number of carbonyl (C=O) groups is 2. The molecule has 0 spiro atoms. The molecule has 2 aromatic rings. The number of Topliss-reactive ketones (excluding diaryl/α,β-unsaturated/α-hetero) is 1. The van der Waals surface area contributed by atoms with Crippen LogP contribution in [0.2, 0.25) is 10.0 Å². The number of sulfonamides is 1. The Hall–Kier alpha value is -1.91. The second-order valence-corrected chi connectivity index (χ2v) is 8.06. The molecule has 0 unspecified atom stereocenters. The zero-order chi connectivity index (χ0) is 20.2. The van der Waals surface area contributed by atoms with E-state index in [0.717, 1.165) is 6.07 Å². The van der Waals surface area contributed by atoms with Gasteiger partial charge in [0.25, 0.3) is 0 Å². The molecule has 0 radical (unpaired) electrons. The number of ether oxygens (including phenoxy) is 1. The van der Waals surface area contributed by atoms with Gasteiger partial charge in [-0.25, -0.2) is 8.42 Å². The average molecular weight is 435 g/mol. The molecule has 2 rings (SSSR count). The van der Waals surface area contributed by atoms with Crippen LogP contribution in [0.15, 0.2) is 41.4 Å². The van der Waals surface area contributed by atoms with Gasteiger partial charge in [-0.15, -0.1) is 0 Å². The van der Waals surface area contributed by atoms with Crippen LogP contribution >= 0.6 is 23.2 Å². The van der Waals surface area contributed by atoms with Gasteiger partial charge >= 0.3 is 5.97 Å². The van der Waals surface area contributed by atoms with Crippen LogP contribution in [0, 0.1) is 0 Å². The Morgan fingerprint density at radius 2 is 1.96 bits per heavy atom. The van der Waals surface area contributed by atoms with Gasteiger partial charge in [0.15, 0.2) is 6.61 Å². The van der Waals surface area contributed by atoms with Crippen molar-refractivity contribution in [1.29, 1.82) is 0 Å². The lowest BCUT2D eigenvalue weighted by atomic mass is 10.2. The van der Waals surface area contributed by atoms with Gasteiger partial charge in [-0.3, -0.25) is 9.59 Å². The summed E-state index contributed by atoms with van der Waals surface area (Å²) in [7, 11) is -4.22. The molecule has 0 aliphatic carbocycles. The summed E-state index contributed by atoms with van der Waals surface area (Å²) in [6.45, 7) is 0.590. The minimum atomic E-state index is -4.22. The lowest BCUT2D eigenvalue weighted by Gasteiger charge is -2.20. The highest BCUT2D eigenvalue weighted by atomic mass is 35.5. The zero-order valence-corrected chi connectivity index (χ0v) is 16.3. The van der Waals surface area contributed by atoms with Crippen LogP contribution in [0.3, 0.4) is 0 Å². The zero-order valence-electron chi connectivity index (χ0n) is 14.0. The summed E-state index contributed by atoms with van der Waals surface area (Å²) in [5.41, 5.74) is 0.229. The summed E-state index contributed by atoms with van der Waals surface area (Å²) in [5.74, 6) is -1.61. The van der Waals surface area contributed by atoms with E-state index in [4.69, 9.17) is 27.9 Å². The van der Waals surface area contributed by atoms with E-state index in [-0.39, 0.29) is 20.6 Å². The lowest BCUT2D eigenvalue weighted by Crippen LogP contribution is -2.48. The number of hydrogen-bond donors (Lipinski definition) is 3. The smallest absolute Gasteiger partial charge is 0.327 e. The first-order valence-electron chi connectivity index (χ1n) is 7.60. The maximum Gasteiger partial charge on any atom is 0.327 e. The Morgan fingerprint density at radius 3 is 2.52 bits per heavy atom. The van der Waals surface area contributed by atoms with Crippen LogP contribution in [-0.4, -0.2) is 49.0 Å². The average Bonchev–Trinajstić information content (AvgIpc) is 3.14. The van der Waals surface area contributed by atoms with Crippen molar-refractivity contribution in [3.05, 3.63) is 52.3 Å². The van der Waals surface area contributed by atoms with E-state index in [1.807, 2.05) is 4.72 Å². The van der Waals surface area contributed by atoms with E-state index < -0.39 is 40.5 Å². The van der Waals surface area contributed by atoms with Gasteiger partial charge in [0.05, 0.1) is 26.7 Å². The number of rotatable bonds is 8. The van der Waals surface area contributed by atoms with Crippen molar-refractivity contribution in [1.82, 2.24) is 9.71 Å². The number of aliphatic hydroxyl groups is 1. The quantitative estimate of drug-likeness (QED) is 0.429. The Balaban J connectivity index is 2.10. The van der Waals surface area contributed by atoms with Crippen molar-refractivity contribution >= 4 is 45.0 Å². The summed E-state index contributed by atoms with van der Waals surface area (Å²) < 4.78 is 31.7. The number of ketones is 1. The predicted molar refractivity (Wildman–Crippen MR) is 98.3 cm³/mol. The summed E-state index contributed by atoms with van der Waals surface area (Å²) in [4.78, 5) is 26.4. The predicted octanol–water partition coefficient (Wildman–Crippen LogP) is 1.78. The molecule has 3 N–H and O–H groups in total. The van der Waals surface area contributed by atoms with Crippen molar-refractivity contribution in [2.45, 2.75) is 24.0 Å². The number of carbonyl (C=O) groups excluding carboxylic acids is 2. The second-order valence-electron chi connectivity index (χ2n) is 5.53. The van der Waals surface area contributed by atoms with Crippen LogP contribution in [0.1, 0.15) is 17.4 Å². The number of aliphatic hydroxyl groups excluding tert-OH is 1.